The lowest BCUT2D eigenvalue weighted by Crippen LogP contribution is -2.50. The number of nitrogens with zero attached hydrogens (tertiary/aromatic N) is 5. The lowest BCUT2D eigenvalue weighted by molar-refractivity contribution is 0.110. The Bertz CT molecular complexity index is 686. The molecular weight excluding hydrogens is 299 g/mol. The summed E-state index contributed by atoms with van der Waals surface area (Å²) in [7, 11) is 3.97. The van der Waals surface area contributed by atoms with Crippen molar-refractivity contribution in [3.05, 3.63) is 42.4 Å². The average molecular weight is 318 g/mol. The number of amides is 2. The Morgan fingerprint density at radius 2 is 2.13 bits per heavy atom. The molecule has 7 nitrogen and oxygen atoms in total. The van der Waals surface area contributed by atoms with Gasteiger partial charge in [-0.2, -0.15) is 0 Å². The van der Waals surface area contributed by atoms with Crippen LogP contribution in [-0.2, 0) is 7.05 Å². The van der Waals surface area contributed by atoms with Crippen molar-refractivity contribution in [2.45, 2.75) is 6.04 Å². The molecule has 0 radical (unpaired) electrons. The number of imidazole rings is 1. The van der Waals surface area contributed by atoms with Crippen LogP contribution in [0.25, 0.3) is 0 Å². The van der Waals surface area contributed by atoms with E-state index < -0.39 is 5.82 Å². The van der Waals surface area contributed by atoms with Gasteiger partial charge < -0.3 is 9.47 Å². The maximum absolute atomic E-state index is 12.9. The van der Waals surface area contributed by atoms with Crippen LogP contribution in [0.4, 0.5) is 15.0 Å². The molecule has 3 rings (SSSR count). The molecule has 8 heteroatoms. The Morgan fingerprint density at radius 3 is 2.78 bits per heavy atom. The van der Waals surface area contributed by atoms with Crippen LogP contribution in [0.2, 0.25) is 0 Å². The molecule has 0 bridgehead atoms. The zero-order valence-electron chi connectivity index (χ0n) is 13.1. The first-order valence-electron chi connectivity index (χ1n) is 7.39. The predicted octanol–water partition coefficient (Wildman–Crippen LogP) is 1.47. The van der Waals surface area contributed by atoms with Gasteiger partial charge in [0.25, 0.3) is 0 Å². The number of urea groups is 1. The van der Waals surface area contributed by atoms with Crippen LogP contribution in [0.1, 0.15) is 11.9 Å². The second-order valence-electron chi connectivity index (χ2n) is 5.63. The Morgan fingerprint density at radius 1 is 1.30 bits per heavy atom. The summed E-state index contributed by atoms with van der Waals surface area (Å²) >= 11 is 0. The molecule has 2 amide bonds. The molecule has 3 heterocycles. The highest BCUT2D eigenvalue weighted by Crippen LogP contribution is 2.22. The number of hydrogen-bond donors (Lipinski definition) is 1. The highest BCUT2D eigenvalue weighted by Gasteiger charge is 2.30. The summed E-state index contributed by atoms with van der Waals surface area (Å²) in [5.41, 5.74) is 0. The van der Waals surface area contributed by atoms with Crippen LogP contribution in [0.5, 0.6) is 0 Å². The maximum atomic E-state index is 12.9. The van der Waals surface area contributed by atoms with E-state index in [0.29, 0.717) is 18.9 Å². The van der Waals surface area contributed by atoms with Gasteiger partial charge >= 0.3 is 6.03 Å². The fourth-order valence-electron chi connectivity index (χ4n) is 2.67. The molecule has 0 aliphatic carbocycles. The van der Waals surface area contributed by atoms with Crippen molar-refractivity contribution >= 4 is 11.8 Å². The van der Waals surface area contributed by atoms with Gasteiger partial charge in [-0.3, -0.25) is 10.2 Å². The van der Waals surface area contributed by atoms with Gasteiger partial charge in [0.1, 0.15) is 17.5 Å². The third-order valence-electron chi connectivity index (χ3n) is 4.05. The quantitative estimate of drug-likeness (QED) is 0.911. The molecule has 1 fully saturated rings. The number of likely N-dealkylation sites (N-methyl/N-ethyl adjacent to an activating group) is 1. The summed E-state index contributed by atoms with van der Waals surface area (Å²) in [6.07, 6.45) is 4.73. The first-order chi connectivity index (χ1) is 11.0. The minimum absolute atomic E-state index is 0.0377. The Hall–Kier alpha value is -2.48. The minimum Gasteiger partial charge on any atom is -0.337 e. The number of pyridine rings is 1. The third-order valence-corrected chi connectivity index (χ3v) is 4.05. The van der Waals surface area contributed by atoms with Crippen LogP contribution in [0.3, 0.4) is 0 Å². The normalized spacial score (nSPS) is 18.9. The number of aryl methyl sites for hydroxylation is 1. The van der Waals surface area contributed by atoms with Gasteiger partial charge in [-0.25, -0.2) is 19.2 Å². The Balaban J connectivity index is 1.69. The molecule has 23 heavy (non-hydrogen) atoms. The van der Waals surface area contributed by atoms with Crippen LogP contribution < -0.4 is 5.32 Å². The van der Waals surface area contributed by atoms with Gasteiger partial charge in [-0.1, -0.05) is 0 Å². The molecule has 2 aromatic heterocycles. The highest BCUT2D eigenvalue weighted by atomic mass is 19.1. The molecule has 1 saturated heterocycles. The lowest BCUT2D eigenvalue weighted by Gasteiger charge is -2.38. The first kappa shape index (κ1) is 15.4. The number of piperazine rings is 1. The van der Waals surface area contributed by atoms with Crippen molar-refractivity contribution in [1.29, 1.82) is 0 Å². The average Bonchev–Trinajstić information content (AvgIpc) is 2.96. The van der Waals surface area contributed by atoms with Crippen LogP contribution in [0.15, 0.2) is 30.7 Å². The third kappa shape index (κ3) is 3.31. The Labute approximate surface area is 133 Å². The molecule has 2 aromatic rings. The van der Waals surface area contributed by atoms with E-state index in [1.165, 1.54) is 12.1 Å². The summed E-state index contributed by atoms with van der Waals surface area (Å²) < 4.78 is 14.8. The van der Waals surface area contributed by atoms with Crippen molar-refractivity contribution in [1.82, 2.24) is 24.3 Å². The van der Waals surface area contributed by atoms with Gasteiger partial charge in [-0.15, -0.1) is 0 Å². The zero-order chi connectivity index (χ0) is 16.4. The maximum Gasteiger partial charge on any atom is 0.323 e. The number of carbonyl (C=O) groups is 1. The highest BCUT2D eigenvalue weighted by molar-refractivity contribution is 5.88. The first-order valence-corrected chi connectivity index (χ1v) is 7.39. The van der Waals surface area contributed by atoms with Crippen molar-refractivity contribution in [3.63, 3.8) is 0 Å². The van der Waals surface area contributed by atoms with E-state index in [-0.39, 0.29) is 12.1 Å². The lowest BCUT2D eigenvalue weighted by atomic mass is 10.1. The number of rotatable bonds is 2. The fourth-order valence-corrected chi connectivity index (χ4v) is 2.67. The topological polar surface area (TPSA) is 66.3 Å². The minimum atomic E-state index is -0.433. The summed E-state index contributed by atoms with van der Waals surface area (Å²) in [6, 6.07) is 2.51. The molecule has 1 aliphatic rings. The molecule has 1 aliphatic heterocycles. The number of halogens is 1. The van der Waals surface area contributed by atoms with E-state index in [4.69, 9.17) is 0 Å². The van der Waals surface area contributed by atoms with E-state index in [2.05, 4.69) is 20.2 Å². The molecular formula is C15H19FN6O. The van der Waals surface area contributed by atoms with Crippen LogP contribution >= 0.6 is 0 Å². The summed E-state index contributed by atoms with van der Waals surface area (Å²) in [5.74, 6) is 0.825. The number of hydrogen-bond acceptors (Lipinski definition) is 4. The number of nitrogens with one attached hydrogen (secondary N) is 1. The summed E-state index contributed by atoms with van der Waals surface area (Å²) in [6.45, 7) is 1.90. The van der Waals surface area contributed by atoms with Crippen molar-refractivity contribution in [3.8, 4) is 0 Å². The van der Waals surface area contributed by atoms with Gasteiger partial charge in [-0.05, 0) is 19.2 Å². The van der Waals surface area contributed by atoms with E-state index >= 15 is 0 Å². The molecule has 0 spiro atoms. The van der Waals surface area contributed by atoms with Crippen molar-refractivity contribution in [2.75, 3.05) is 32.0 Å². The van der Waals surface area contributed by atoms with Crippen LogP contribution in [-0.4, -0.2) is 57.0 Å². The molecule has 0 unspecified atom stereocenters. The van der Waals surface area contributed by atoms with Crippen molar-refractivity contribution in [2.24, 2.45) is 7.05 Å². The van der Waals surface area contributed by atoms with Gasteiger partial charge in [0, 0.05) is 39.1 Å². The number of anilines is 1. The standard InChI is InChI=1S/C15H19FN6O/c1-20-7-8-22(10-12(20)14-17-5-6-21(14)2)15(23)19-13-4-3-11(16)9-18-13/h3-6,9,12H,7-8,10H2,1-2H3,(H,18,19,23)/t12-/m1/s1. The summed E-state index contributed by atoms with van der Waals surface area (Å²) in [4.78, 5) is 24.5. The van der Waals surface area contributed by atoms with Gasteiger partial charge in [0.2, 0.25) is 0 Å². The van der Waals surface area contributed by atoms with E-state index in [1.807, 2.05) is 24.9 Å². The number of carbonyl (C=O) groups excluding carboxylic acids is 1. The molecule has 1 N–H and O–H groups in total. The SMILES string of the molecule is CN1CCN(C(=O)Nc2ccc(F)cn2)C[C@@H]1c1nccn1C. The summed E-state index contributed by atoms with van der Waals surface area (Å²) in [5, 5.41) is 2.70. The second-order valence-corrected chi connectivity index (χ2v) is 5.63. The molecule has 122 valence electrons. The zero-order valence-corrected chi connectivity index (χ0v) is 13.1. The number of aromatic nitrogens is 3. The molecule has 0 aromatic carbocycles. The van der Waals surface area contributed by atoms with E-state index in [9.17, 15) is 9.18 Å². The van der Waals surface area contributed by atoms with Crippen molar-refractivity contribution < 1.29 is 9.18 Å². The van der Waals surface area contributed by atoms with Crippen LogP contribution in [0, 0.1) is 5.82 Å². The fraction of sp³-hybridized carbons (Fsp3) is 0.400. The predicted molar refractivity (Wildman–Crippen MR) is 83.4 cm³/mol. The molecule has 1 atom stereocenters. The smallest absolute Gasteiger partial charge is 0.323 e. The van der Waals surface area contributed by atoms with E-state index in [0.717, 1.165) is 18.6 Å². The molecule has 0 saturated carbocycles. The Kier molecular flexibility index (Phi) is 4.24. The monoisotopic (exact) mass is 318 g/mol. The largest absolute Gasteiger partial charge is 0.337 e. The van der Waals surface area contributed by atoms with E-state index in [1.54, 1.807) is 11.1 Å². The van der Waals surface area contributed by atoms with Gasteiger partial charge in [0.15, 0.2) is 0 Å². The second kappa shape index (κ2) is 6.33. The van der Waals surface area contributed by atoms with Gasteiger partial charge in [0.05, 0.1) is 12.2 Å².